The molecule has 1 atom stereocenters. The molecule has 2 rings (SSSR count). The summed E-state index contributed by atoms with van der Waals surface area (Å²) in [7, 11) is 0. The zero-order chi connectivity index (χ0) is 13.1. The molecular formula is C12H16ClN3O2. The quantitative estimate of drug-likeness (QED) is 0.674. The third-order valence-electron chi connectivity index (χ3n) is 3.09. The molecule has 1 unspecified atom stereocenters. The number of benzene rings is 1. The van der Waals surface area contributed by atoms with Gasteiger partial charge in [0.05, 0.1) is 4.92 Å². The summed E-state index contributed by atoms with van der Waals surface area (Å²) in [5.41, 5.74) is 0.914. The van der Waals surface area contributed by atoms with E-state index in [9.17, 15) is 10.1 Å². The smallest absolute Gasteiger partial charge is 0.269 e. The fourth-order valence-corrected chi connectivity index (χ4v) is 2.37. The Morgan fingerprint density at radius 1 is 1.61 bits per heavy atom. The Labute approximate surface area is 111 Å². The van der Waals surface area contributed by atoms with Crippen LogP contribution in [0.2, 0.25) is 5.02 Å². The first kappa shape index (κ1) is 13.3. The lowest BCUT2D eigenvalue weighted by molar-refractivity contribution is -0.384. The van der Waals surface area contributed by atoms with Gasteiger partial charge in [0.1, 0.15) is 0 Å². The van der Waals surface area contributed by atoms with Crippen LogP contribution in [0, 0.1) is 10.1 Å². The molecule has 0 radical (unpaired) electrons. The predicted octanol–water partition coefficient (Wildman–Crippen LogP) is 2.04. The van der Waals surface area contributed by atoms with Gasteiger partial charge in [0.15, 0.2) is 0 Å². The van der Waals surface area contributed by atoms with Crippen LogP contribution in [0.4, 0.5) is 5.69 Å². The van der Waals surface area contributed by atoms with E-state index in [-0.39, 0.29) is 10.6 Å². The van der Waals surface area contributed by atoms with E-state index in [1.165, 1.54) is 6.07 Å². The molecular weight excluding hydrogens is 254 g/mol. The second-order valence-corrected chi connectivity index (χ2v) is 5.03. The van der Waals surface area contributed by atoms with Crippen molar-refractivity contribution >= 4 is 17.3 Å². The van der Waals surface area contributed by atoms with Crippen molar-refractivity contribution in [1.29, 1.82) is 0 Å². The van der Waals surface area contributed by atoms with E-state index in [0.29, 0.717) is 17.6 Å². The van der Waals surface area contributed by atoms with Crippen LogP contribution in [0.1, 0.15) is 12.5 Å². The molecule has 0 amide bonds. The number of nitrogens with zero attached hydrogens (tertiary/aromatic N) is 2. The van der Waals surface area contributed by atoms with Crippen molar-refractivity contribution in [2.24, 2.45) is 0 Å². The Bertz CT molecular complexity index is 453. The Morgan fingerprint density at radius 3 is 3.06 bits per heavy atom. The Kier molecular flexibility index (Phi) is 4.16. The van der Waals surface area contributed by atoms with Crippen LogP contribution in [0.5, 0.6) is 0 Å². The van der Waals surface area contributed by atoms with Crippen LogP contribution in [0.25, 0.3) is 0 Å². The van der Waals surface area contributed by atoms with Gasteiger partial charge in [-0.2, -0.15) is 0 Å². The minimum atomic E-state index is -0.389. The number of halogens is 1. The van der Waals surface area contributed by atoms with Crippen molar-refractivity contribution in [3.05, 3.63) is 38.9 Å². The van der Waals surface area contributed by atoms with E-state index in [4.69, 9.17) is 11.6 Å². The second kappa shape index (κ2) is 5.65. The molecule has 1 aliphatic rings. The lowest BCUT2D eigenvalue weighted by atomic mass is 10.1. The first-order chi connectivity index (χ1) is 8.56. The van der Waals surface area contributed by atoms with Crippen molar-refractivity contribution < 1.29 is 4.92 Å². The topological polar surface area (TPSA) is 58.4 Å². The first-order valence-corrected chi connectivity index (χ1v) is 6.32. The highest BCUT2D eigenvalue weighted by Gasteiger charge is 2.18. The first-order valence-electron chi connectivity index (χ1n) is 5.95. The molecule has 1 saturated heterocycles. The van der Waals surface area contributed by atoms with Crippen molar-refractivity contribution in [1.82, 2.24) is 10.2 Å². The summed E-state index contributed by atoms with van der Waals surface area (Å²) in [6, 6.07) is 5.04. The van der Waals surface area contributed by atoms with E-state index in [2.05, 4.69) is 17.1 Å². The van der Waals surface area contributed by atoms with E-state index < -0.39 is 0 Å². The molecule has 1 fully saturated rings. The Hall–Kier alpha value is -1.17. The lowest BCUT2D eigenvalue weighted by Gasteiger charge is -2.31. The number of nitrogens with one attached hydrogen (secondary N) is 1. The van der Waals surface area contributed by atoms with E-state index in [0.717, 1.165) is 25.2 Å². The average molecular weight is 270 g/mol. The zero-order valence-corrected chi connectivity index (χ0v) is 11.0. The number of rotatable bonds is 3. The van der Waals surface area contributed by atoms with Gasteiger partial charge < -0.3 is 5.32 Å². The number of hydrogen-bond donors (Lipinski definition) is 1. The van der Waals surface area contributed by atoms with Crippen molar-refractivity contribution in [3.63, 3.8) is 0 Å². The standard InChI is InChI=1S/C12H16ClN3O2/c1-9-7-15(5-4-14-9)8-10-6-11(16(17)18)2-3-12(10)13/h2-3,6,9,14H,4-5,7-8H2,1H3. The third-order valence-corrected chi connectivity index (χ3v) is 3.46. The molecule has 0 bridgehead atoms. The van der Waals surface area contributed by atoms with E-state index in [1.807, 2.05) is 0 Å². The van der Waals surface area contributed by atoms with E-state index >= 15 is 0 Å². The lowest BCUT2D eigenvalue weighted by Crippen LogP contribution is -2.48. The second-order valence-electron chi connectivity index (χ2n) is 4.62. The minimum Gasteiger partial charge on any atom is -0.312 e. The maximum Gasteiger partial charge on any atom is 0.269 e. The van der Waals surface area contributed by atoms with Gasteiger partial charge in [-0.05, 0) is 18.6 Å². The highest BCUT2D eigenvalue weighted by molar-refractivity contribution is 6.31. The zero-order valence-electron chi connectivity index (χ0n) is 10.2. The SMILES string of the molecule is CC1CN(Cc2cc([N+](=O)[O-])ccc2Cl)CCN1. The van der Waals surface area contributed by atoms with Crippen molar-refractivity contribution in [2.45, 2.75) is 19.5 Å². The number of nitro benzene ring substituents is 1. The van der Waals surface area contributed by atoms with Crippen LogP contribution in [0.15, 0.2) is 18.2 Å². The molecule has 98 valence electrons. The third kappa shape index (κ3) is 3.19. The normalized spacial score (nSPS) is 20.9. The molecule has 1 aromatic rings. The van der Waals surface area contributed by atoms with Crippen LogP contribution < -0.4 is 5.32 Å². The molecule has 18 heavy (non-hydrogen) atoms. The molecule has 1 aliphatic heterocycles. The molecule has 6 heteroatoms. The summed E-state index contributed by atoms with van der Waals surface area (Å²) >= 11 is 6.09. The highest BCUT2D eigenvalue weighted by Crippen LogP contribution is 2.23. The molecule has 0 aliphatic carbocycles. The van der Waals surface area contributed by atoms with Gasteiger partial charge >= 0.3 is 0 Å². The molecule has 1 aromatic carbocycles. The summed E-state index contributed by atoms with van der Waals surface area (Å²) in [6.45, 7) is 5.59. The van der Waals surface area contributed by atoms with E-state index in [1.54, 1.807) is 12.1 Å². The van der Waals surface area contributed by atoms with Gasteiger partial charge in [-0.25, -0.2) is 0 Å². The number of hydrogen-bond acceptors (Lipinski definition) is 4. The van der Waals surface area contributed by atoms with Crippen LogP contribution in [0.3, 0.4) is 0 Å². The Balaban J connectivity index is 2.12. The highest BCUT2D eigenvalue weighted by atomic mass is 35.5. The summed E-state index contributed by atoms with van der Waals surface area (Å²) in [6.07, 6.45) is 0. The summed E-state index contributed by atoms with van der Waals surface area (Å²) < 4.78 is 0. The summed E-state index contributed by atoms with van der Waals surface area (Å²) in [5, 5.41) is 14.7. The predicted molar refractivity (Wildman–Crippen MR) is 70.8 cm³/mol. The summed E-state index contributed by atoms with van der Waals surface area (Å²) in [4.78, 5) is 12.6. The van der Waals surface area contributed by atoms with Crippen LogP contribution >= 0.6 is 11.6 Å². The largest absolute Gasteiger partial charge is 0.312 e. The molecule has 1 N–H and O–H groups in total. The van der Waals surface area contributed by atoms with Crippen LogP contribution in [-0.4, -0.2) is 35.5 Å². The van der Waals surface area contributed by atoms with Crippen LogP contribution in [-0.2, 0) is 6.54 Å². The average Bonchev–Trinajstić information content (AvgIpc) is 2.31. The number of piperazine rings is 1. The minimum absolute atomic E-state index is 0.0950. The summed E-state index contributed by atoms with van der Waals surface area (Å²) in [5.74, 6) is 0. The van der Waals surface area contributed by atoms with Crippen molar-refractivity contribution in [3.8, 4) is 0 Å². The molecule has 1 heterocycles. The van der Waals surface area contributed by atoms with Gasteiger partial charge in [-0.1, -0.05) is 11.6 Å². The molecule has 0 aromatic heterocycles. The molecule has 5 nitrogen and oxygen atoms in total. The maximum absolute atomic E-state index is 10.7. The van der Waals surface area contributed by atoms with Gasteiger partial charge in [0.2, 0.25) is 0 Å². The fraction of sp³-hybridized carbons (Fsp3) is 0.500. The van der Waals surface area contributed by atoms with Gasteiger partial charge in [-0.15, -0.1) is 0 Å². The maximum atomic E-state index is 10.7. The fourth-order valence-electron chi connectivity index (χ4n) is 2.19. The van der Waals surface area contributed by atoms with Gasteiger partial charge in [0.25, 0.3) is 5.69 Å². The molecule has 0 spiro atoms. The number of nitro groups is 1. The monoisotopic (exact) mass is 269 g/mol. The Morgan fingerprint density at radius 2 is 2.39 bits per heavy atom. The van der Waals surface area contributed by atoms with Gasteiger partial charge in [-0.3, -0.25) is 15.0 Å². The van der Waals surface area contributed by atoms with Gasteiger partial charge in [0, 0.05) is 49.4 Å². The number of non-ortho nitro benzene ring substituents is 1. The molecule has 0 saturated carbocycles. The van der Waals surface area contributed by atoms with Crippen molar-refractivity contribution in [2.75, 3.05) is 19.6 Å².